The molecule has 0 saturated carbocycles. The molecule has 0 spiro atoms. The maximum atomic E-state index is 13.7. The van der Waals surface area contributed by atoms with Crippen molar-refractivity contribution in [3.8, 4) is 5.75 Å². The minimum atomic E-state index is -0.182. The number of hydrogen-bond acceptors (Lipinski definition) is 5. The molecule has 8 heteroatoms. The molecule has 35 heavy (non-hydrogen) atoms. The second-order valence-electron chi connectivity index (χ2n) is 8.29. The topological polar surface area (TPSA) is 74.8 Å². The number of benzene rings is 3. The van der Waals surface area contributed by atoms with Gasteiger partial charge in [0.2, 0.25) is 0 Å². The van der Waals surface area contributed by atoms with Gasteiger partial charge in [0.25, 0.3) is 5.56 Å². The van der Waals surface area contributed by atoms with Gasteiger partial charge < -0.3 is 9.30 Å². The summed E-state index contributed by atoms with van der Waals surface area (Å²) in [4.78, 5) is 28.1. The normalized spacial score (nSPS) is 11.5. The first-order valence-electron chi connectivity index (χ1n) is 11.1. The Hall–Kier alpha value is -4.23. The van der Waals surface area contributed by atoms with Gasteiger partial charge in [-0.05, 0) is 41.5 Å². The summed E-state index contributed by atoms with van der Waals surface area (Å²) in [7, 11) is 1.64. The van der Waals surface area contributed by atoms with E-state index < -0.39 is 0 Å². The van der Waals surface area contributed by atoms with Gasteiger partial charge >= 0.3 is 0 Å². The van der Waals surface area contributed by atoms with Crippen LogP contribution < -0.4 is 10.3 Å². The van der Waals surface area contributed by atoms with E-state index >= 15 is 0 Å². The summed E-state index contributed by atoms with van der Waals surface area (Å²) in [5.74, 6) is 0.780. The molecule has 0 fully saturated rings. The first-order valence-corrected chi connectivity index (χ1v) is 11.5. The smallest absolute Gasteiger partial charge is 0.265 e. The van der Waals surface area contributed by atoms with Gasteiger partial charge in [0.15, 0.2) is 11.3 Å². The second kappa shape index (κ2) is 8.52. The van der Waals surface area contributed by atoms with Crippen molar-refractivity contribution in [3.63, 3.8) is 0 Å². The third-order valence-electron chi connectivity index (χ3n) is 6.12. The third kappa shape index (κ3) is 3.70. The fourth-order valence-corrected chi connectivity index (χ4v) is 4.52. The molecule has 6 aromatic rings. The average molecular weight is 482 g/mol. The van der Waals surface area contributed by atoms with Crippen LogP contribution in [0.25, 0.3) is 33.2 Å². The first-order chi connectivity index (χ1) is 17.1. The van der Waals surface area contributed by atoms with Gasteiger partial charge in [-0.1, -0.05) is 54.1 Å². The summed E-state index contributed by atoms with van der Waals surface area (Å²) in [6.07, 6.45) is 1.57. The van der Waals surface area contributed by atoms with Gasteiger partial charge in [0, 0.05) is 5.02 Å². The van der Waals surface area contributed by atoms with E-state index in [4.69, 9.17) is 31.3 Å². The highest BCUT2D eigenvalue weighted by molar-refractivity contribution is 6.31. The van der Waals surface area contributed by atoms with Crippen LogP contribution in [-0.4, -0.2) is 31.2 Å². The van der Waals surface area contributed by atoms with Crippen molar-refractivity contribution < 1.29 is 4.74 Å². The van der Waals surface area contributed by atoms with Crippen molar-refractivity contribution in [1.29, 1.82) is 0 Å². The van der Waals surface area contributed by atoms with Crippen LogP contribution in [0.5, 0.6) is 5.75 Å². The van der Waals surface area contributed by atoms with E-state index in [1.165, 1.54) is 0 Å². The van der Waals surface area contributed by atoms with Crippen LogP contribution in [0.15, 0.2) is 83.9 Å². The van der Waals surface area contributed by atoms with Crippen molar-refractivity contribution in [3.05, 3.63) is 106 Å². The molecule has 0 bridgehead atoms. The van der Waals surface area contributed by atoms with Crippen molar-refractivity contribution >= 4 is 44.8 Å². The van der Waals surface area contributed by atoms with Crippen LogP contribution in [0, 0.1) is 0 Å². The average Bonchev–Trinajstić information content (AvgIpc) is 3.19. The highest BCUT2D eigenvalue weighted by atomic mass is 35.5. The summed E-state index contributed by atoms with van der Waals surface area (Å²) in [5, 5.41) is 1.05. The molecule has 0 saturated heterocycles. The Balaban J connectivity index is 1.58. The molecule has 6 rings (SSSR count). The van der Waals surface area contributed by atoms with Crippen LogP contribution in [0.2, 0.25) is 5.02 Å². The van der Waals surface area contributed by atoms with E-state index in [0.717, 1.165) is 27.9 Å². The maximum Gasteiger partial charge on any atom is 0.265 e. The lowest BCUT2D eigenvalue weighted by atomic mass is 10.2. The fraction of sp³-hybridized carbons (Fsp3) is 0.111. The number of rotatable bonds is 5. The van der Waals surface area contributed by atoms with Crippen molar-refractivity contribution in [2.75, 3.05) is 7.11 Å². The number of halogens is 1. The van der Waals surface area contributed by atoms with E-state index in [2.05, 4.69) is 0 Å². The molecule has 3 aromatic carbocycles. The van der Waals surface area contributed by atoms with Crippen LogP contribution in [0.3, 0.4) is 0 Å². The summed E-state index contributed by atoms with van der Waals surface area (Å²) in [6, 6.07) is 22.9. The molecule has 3 aromatic heterocycles. The second-order valence-corrected chi connectivity index (χ2v) is 8.69. The zero-order valence-electron chi connectivity index (χ0n) is 18.9. The van der Waals surface area contributed by atoms with Crippen molar-refractivity contribution in [2.24, 2.45) is 0 Å². The Morgan fingerprint density at radius 3 is 2.31 bits per heavy atom. The largest absolute Gasteiger partial charge is 0.497 e. The lowest BCUT2D eigenvalue weighted by Crippen LogP contribution is -2.21. The van der Waals surface area contributed by atoms with Gasteiger partial charge in [0.05, 0.1) is 31.2 Å². The Morgan fingerprint density at radius 2 is 1.57 bits per heavy atom. The molecule has 0 radical (unpaired) electrons. The number of hydrogen-bond donors (Lipinski definition) is 0. The molecule has 172 valence electrons. The quantitative estimate of drug-likeness (QED) is 0.344. The summed E-state index contributed by atoms with van der Waals surface area (Å²) in [6.45, 7) is 0.797. The maximum absolute atomic E-state index is 13.7. The monoisotopic (exact) mass is 481 g/mol. The zero-order chi connectivity index (χ0) is 23.9. The zero-order valence-corrected chi connectivity index (χ0v) is 19.6. The highest BCUT2D eigenvalue weighted by Crippen LogP contribution is 2.26. The Bertz CT molecular complexity index is 1770. The lowest BCUT2D eigenvalue weighted by Gasteiger charge is -2.09. The van der Waals surface area contributed by atoms with Crippen molar-refractivity contribution in [1.82, 2.24) is 24.1 Å². The molecule has 3 heterocycles. The predicted octanol–water partition coefficient (Wildman–Crippen LogP) is 5.05. The van der Waals surface area contributed by atoms with Gasteiger partial charge in [-0.2, -0.15) is 0 Å². The van der Waals surface area contributed by atoms with Gasteiger partial charge in [-0.25, -0.2) is 15.0 Å². The fourth-order valence-electron chi connectivity index (χ4n) is 4.33. The Morgan fingerprint density at radius 1 is 0.857 bits per heavy atom. The van der Waals surface area contributed by atoms with E-state index in [-0.39, 0.29) is 5.56 Å². The number of para-hydroxylation sites is 2. The van der Waals surface area contributed by atoms with Gasteiger partial charge in [-0.3, -0.25) is 9.36 Å². The van der Waals surface area contributed by atoms with Crippen LogP contribution in [-0.2, 0) is 13.1 Å². The first kappa shape index (κ1) is 21.3. The molecular formula is C27H20ClN5O2. The number of nitrogens with zero attached hydrogens (tertiary/aromatic N) is 5. The molecule has 0 amide bonds. The van der Waals surface area contributed by atoms with E-state index in [9.17, 15) is 4.79 Å². The highest BCUT2D eigenvalue weighted by Gasteiger charge is 2.20. The summed E-state index contributed by atoms with van der Waals surface area (Å²) >= 11 is 6.35. The van der Waals surface area contributed by atoms with E-state index in [1.54, 1.807) is 18.0 Å². The van der Waals surface area contributed by atoms with Gasteiger partial charge in [-0.15, -0.1) is 0 Å². The molecule has 0 N–H and O–H groups in total. The summed E-state index contributed by atoms with van der Waals surface area (Å²) in [5.41, 5.74) is 4.88. The Kier molecular flexibility index (Phi) is 5.19. The van der Waals surface area contributed by atoms with Crippen LogP contribution >= 0.6 is 11.6 Å². The minimum absolute atomic E-state index is 0.182. The molecule has 0 aliphatic rings. The molecule has 0 aliphatic heterocycles. The molecular weight excluding hydrogens is 462 g/mol. The van der Waals surface area contributed by atoms with Crippen LogP contribution in [0.4, 0.5) is 0 Å². The Labute approximate surface area is 205 Å². The summed E-state index contributed by atoms with van der Waals surface area (Å²) < 4.78 is 8.80. The minimum Gasteiger partial charge on any atom is -0.497 e. The van der Waals surface area contributed by atoms with Gasteiger partial charge in [0.1, 0.15) is 23.0 Å². The van der Waals surface area contributed by atoms with E-state index in [1.807, 2.05) is 77.4 Å². The third-order valence-corrected chi connectivity index (χ3v) is 6.49. The molecule has 0 unspecified atom stereocenters. The predicted molar refractivity (Wildman–Crippen MR) is 137 cm³/mol. The lowest BCUT2D eigenvalue weighted by molar-refractivity contribution is 0.414. The van der Waals surface area contributed by atoms with Crippen molar-refractivity contribution in [2.45, 2.75) is 13.1 Å². The molecule has 0 aliphatic carbocycles. The molecule has 0 atom stereocenters. The SMILES string of the molecule is COc1ccc(Cn2c3nc4ccccc4nc3c3c(=O)n(Cc4ccccc4Cl)cnc32)cc1. The van der Waals surface area contributed by atoms with E-state index in [0.29, 0.717) is 40.3 Å². The van der Waals surface area contributed by atoms with Crippen LogP contribution in [0.1, 0.15) is 11.1 Å². The number of aromatic nitrogens is 5. The standard InChI is InChI=1S/C27H20ClN5O2/c1-35-19-12-10-17(11-13-19)14-33-25-23(24-26(33)31-22-9-5-4-8-21(22)30-24)27(34)32(16-29-25)15-18-6-2-3-7-20(18)28/h2-13,16H,14-15H2,1H3. The number of fused-ring (bicyclic) bond motifs is 4. The number of methoxy groups -OCH3 is 1. The molecule has 7 nitrogen and oxygen atoms in total. The number of ether oxygens (including phenoxy) is 1.